The van der Waals surface area contributed by atoms with Crippen LogP contribution in [0.25, 0.3) is 11.4 Å². The first-order chi connectivity index (χ1) is 15.1. The topological polar surface area (TPSA) is 66.4 Å². The van der Waals surface area contributed by atoms with Gasteiger partial charge in [0.05, 0.1) is 7.11 Å². The maximum Gasteiger partial charge on any atom is 0.242 e. The van der Waals surface area contributed by atoms with Gasteiger partial charge >= 0.3 is 0 Å². The second kappa shape index (κ2) is 9.89. The van der Waals surface area contributed by atoms with E-state index in [0.717, 1.165) is 43.9 Å². The number of methoxy groups -OCH3 is 1. The highest BCUT2D eigenvalue weighted by Crippen LogP contribution is 2.21. The van der Waals surface area contributed by atoms with Gasteiger partial charge in [-0.1, -0.05) is 30.3 Å². The Labute approximate surface area is 187 Å². The standard InChI is InChI=1S/C23H27N5O2S/c1-30-20-10-8-19(9-11-20)22-24-25-23(31)28(22)17-21(29)27-13-5-12-26(14-15-27)16-18-6-3-2-4-7-18/h2-4,6-11H,5,12-17H2,1H3,(H,25,31). The Hall–Kier alpha value is -2.97. The Bertz CT molecular complexity index is 1060. The molecular formula is C23H27N5O2S. The Kier molecular flexibility index (Phi) is 6.79. The fourth-order valence-electron chi connectivity index (χ4n) is 3.88. The van der Waals surface area contributed by atoms with E-state index in [1.54, 1.807) is 11.7 Å². The number of benzene rings is 2. The van der Waals surface area contributed by atoms with Gasteiger partial charge in [0, 0.05) is 38.3 Å². The van der Waals surface area contributed by atoms with Crippen molar-refractivity contribution in [3.63, 3.8) is 0 Å². The highest BCUT2D eigenvalue weighted by Gasteiger charge is 2.21. The van der Waals surface area contributed by atoms with Gasteiger partial charge in [-0.2, -0.15) is 5.10 Å². The third kappa shape index (κ3) is 5.21. The first-order valence-electron chi connectivity index (χ1n) is 10.5. The summed E-state index contributed by atoms with van der Waals surface area (Å²) in [5.74, 6) is 1.49. The number of hydrogen-bond acceptors (Lipinski definition) is 5. The van der Waals surface area contributed by atoms with E-state index in [0.29, 0.717) is 17.1 Å². The molecule has 1 saturated heterocycles. The van der Waals surface area contributed by atoms with Crippen LogP contribution in [0.3, 0.4) is 0 Å². The largest absolute Gasteiger partial charge is 0.497 e. The number of rotatable bonds is 6. The first kappa shape index (κ1) is 21.3. The van der Waals surface area contributed by atoms with Crippen LogP contribution in [-0.2, 0) is 17.9 Å². The highest BCUT2D eigenvalue weighted by molar-refractivity contribution is 7.71. The van der Waals surface area contributed by atoms with Crippen molar-refractivity contribution in [1.82, 2.24) is 24.6 Å². The molecule has 162 valence electrons. The molecular weight excluding hydrogens is 410 g/mol. The van der Waals surface area contributed by atoms with Gasteiger partial charge < -0.3 is 9.64 Å². The molecule has 4 rings (SSSR count). The summed E-state index contributed by atoms with van der Waals surface area (Å²) in [5.41, 5.74) is 2.18. The van der Waals surface area contributed by atoms with E-state index < -0.39 is 0 Å². The van der Waals surface area contributed by atoms with Crippen molar-refractivity contribution in [2.75, 3.05) is 33.3 Å². The zero-order chi connectivity index (χ0) is 21.6. The predicted octanol–water partition coefficient (Wildman–Crippen LogP) is 3.35. The Morgan fingerprint density at radius 2 is 1.84 bits per heavy atom. The number of carbonyl (C=O) groups excluding carboxylic acids is 1. The summed E-state index contributed by atoms with van der Waals surface area (Å²) in [4.78, 5) is 17.5. The molecule has 0 unspecified atom stereocenters. The maximum absolute atomic E-state index is 13.1. The van der Waals surface area contributed by atoms with Gasteiger partial charge in [-0.3, -0.25) is 19.4 Å². The van der Waals surface area contributed by atoms with E-state index in [-0.39, 0.29) is 12.5 Å². The van der Waals surface area contributed by atoms with Crippen molar-refractivity contribution in [3.8, 4) is 17.1 Å². The molecule has 0 saturated carbocycles. The van der Waals surface area contributed by atoms with Gasteiger partial charge in [-0.05, 0) is 48.5 Å². The van der Waals surface area contributed by atoms with Gasteiger partial charge in [0.25, 0.3) is 0 Å². The van der Waals surface area contributed by atoms with Crippen molar-refractivity contribution in [2.24, 2.45) is 0 Å². The summed E-state index contributed by atoms with van der Waals surface area (Å²) in [6, 6.07) is 18.0. The molecule has 0 atom stereocenters. The molecule has 2 aromatic carbocycles. The van der Waals surface area contributed by atoms with Crippen LogP contribution in [0.5, 0.6) is 5.75 Å². The summed E-state index contributed by atoms with van der Waals surface area (Å²) in [5, 5.41) is 7.17. The number of nitrogens with zero attached hydrogens (tertiary/aromatic N) is 4. The van der Waals surface area contributed by atoms with Crippen LogP contribution in [-0.4, -0.2) is 63.8 Å². The van der Waals surface area contributed by atoms with Crippen LogP contribution in [0.4, 0.5) is 0 Å². The van der Waals surface area contributed by atoms with Crippen molar-refractivity contribution in [2.45, 2.75) is 19.5 Å². The van der Waals surface area contributed by atoms with Gasteiger partial charge in [0.2, 0.25) is 5.91 Å². The number of amides is 1. The quantitative estimate of drug-likeness (QED) is 0.599. The lowest BCUT2D eigenvalue weighted by Gasteiger charge is -2.22. The van der Waals surface area contributed by atoms with Crippen LogP contribution in [0.15, 0.2) is 54.6 Å². The van der Waals surface area contributed by atoms with Gasteiger partial charge in [0.15, 0.2) is 10.6 Å². The molecule has 1 N–H and O–H groups in total. The first-order valence-corrected chi connectivity index (χ1v) is 10.9. The van der Waals surface area contributed by atoms with E-state index in [9.17, 15) is 4.79 Å². The number of hydrogen-bond donors (Lipinski definition) is 1. The molecule has 1 aromatic heterocycles. The Morgan fingerprint density at radius 3 is 2.58 bits per heavy atom. The number of aromatic amines is 1. The van der Waals surface area contributed by atoms with E-state index in [1.807, 2.05) is 35.2 Å². The fraction of sp³-hybridized carbons (Fsp3) is 0.348. The minimum Gasteiger partial charge on any atom is -0.497 e. The van der Waals surface area contributed by atoms with Crippen LogP contribution >= 0.6 is 12.2 Å². The second-order valence-electron chi connectivity index (χ2n) is 7.66. The van der Waals surface area contributed by atoms with Crippen molar-refractivity contribution in [1.29, 1.82) is 0 Å². The minimum absolute atomic E-state index is 0.0637. The maximum atomic E-state index is 13.1. The fourth-order valence-corrected chi connectivity index (χ4v) is 4.08. The molecule has 3 aromatic rings. The molecule has 1 aliphatic heterocycles. The van der Waals surface area contributed by atoms with Crippen molar-refractivity contribution >= 4 is 18.1 Å². The monoisotopic (exact) mass is 437 g/mol. The number of nitrogens with one attached hydrogen (secondary N) is 1. The molecule has 1 aliphatic rings. The summed E-state index contributed by atoms with van der Waals surface area (Å²) < 4.78 is 7.44. The number of carbonyl (C=O) groups is 1. The number of aromatic nitrogens is 3. The van der Waals surface area contributed by atoms with E-state index >= 15 is 0 Å². The summed E-state index contributed by atoms with van der Waals surface area (Å²) >= 11 is 5.40. The molecule has 0 spiro atoms. The lowest BCUT2D eigenvalue weighted by atomic mass is 10.2. The van der Waals surface area contributed by atoms with Gasteiger partial charge in [0.1, 0.15) is 12.3 Å². The highest BCUT2D eigenvalue weighted by atomic mass is 32.1. The molecule has 1 fully saturated rings. The Balaban J connectivity index is 1.41. The average Bonchev–Trinajstić information content (AvgIpc) is 3.00. The summed E-state index contributed by atoms with van der Waals surface area (Å²) in [6.45, 7) is 4.41. The van der Waals surface area contributed by atoms with Crippen LogP contribution < -0.4 is 4.74 Å². The summed E-state index contributed by atoms with van der Waals surface area (Å²) in [7, 11) is 1.63. The molecule has 0 bridgehead atoms. The van der Waals surface area contributed by atoms with E-state index in [1.165, 1.54) is 5.56 Å². The third-order valence-electron chi connectivity index (χ3n) is 5.59. The normalized spacial score (nSPS) is 14.9. The molecule has 8 heteroatoms. The lowest BCUT2D eigenvalue weighted by molar-refractivity contribution is -0.131. The molecule has 0 aliphatic carbocycles. The third-order valence-corrected chi connectivity index (χ3v) is 5.90. The summed E-state index contributed by atoms with van der Waals surface area (Å²) in [6.07, 6.45) is 0.959. The second-order valence-corrected chi connectivity index (χ2v) is 8.05. The number of ether oxygens (including phenoxy) is 1. The van der Waals surface area contributed by atoms with Crippen LogP contribution in [0.2, 0.25) is 0 Å². The van der Waals surface area contributed by atoms with Gasteiger partial charge in [-0.25, -0.2) is 0 Å². The molecule has 2 heterocycles. The average molecular weight is 438 g/mol. The predicted molar refractivity (Wildman–Crippen MR) is 122 cm³/mol. The van der Waals surface area contributed by atoms with Gasteiger partial charge in [-0.15, -0.1) is 0 Å². The van der Waals surface area contributed by atoms with E-state index in [2.05, 4.69) is 39.4 Å². The van der Waals surface area contributed by atoms with Crippen LogP contribution in [0.1, 0.15) is 12.0 Å². The minimum atomic E-state index is 0.0637. The van der Waals surface area contributed by atoms with Crippen molar-refractivity contribution in [3.05, 3.63) is 64.9 Å². The molecule has 7 nitrogen and oxygen atoms in total. The SMILES string of the molecule is COc1ccc(-c2n[nH]c(=S)n2CC(=O)N2CCCN(Cc3ccccc3)CC2)cc1. The lowest BCUT2D eigenvalue weighted by Crippen LogP contribution is -2.37. The number of H-pyrrole nitrogens is 1. The zero-order valence-corrected chi connectivity index (χ0v) is 18.5. The Morgan fingerprint density at radius 1 is 1.06 bits per heavy atom. The molecule has 1 amide bonds. The van der Waals surface area contributed by atoms with E-state index in [4.69, 9.17) is 17.0 Å². The molecule has 0 radical (unpaired) electrons. The smallest absolute Gasteiger partial charge is 0.242 e. The molecule has 31 heavy (non-hydrogen) atoms. The van der Waals surface area contributed by atoms with Crippen molar-refractivity contribution < 1.29 is 9.53 Å². The van der Waals surface area contributed by atoms with Crippen LogP contribution in [0, 0.1) is 4.77 Å². The zero-order valence-electron chi connectivity index (χ0n) is 17.7.